The van der Waals surface area contributed by atoms with Crippen LogP contribution in [0.15, 0.2) is 11.4 Å². The van der Waals surface area contributed by atoms with Crippen molar-refractivity contribution < 1.29 is 36.9 Å². The van der Waals surface area contributed by atoms with Crippen LogP contribution in [0.2, 0.25) is 0 Å². The average Bonchev–Trinajstić information content (AvgIpc) is 3.59. The molecule has 5 heterocycles. The first-order chi connectivity index (χ1) is 20.0. The topological polar surface area (TPSA) is 131 Å². The molecule has 0 radical (unpaired) electrons. The Balaban J connectivity index is 0.00000423. The van der Waals surface area contributed by atoms with Crippen molar-refractivity contribution in [3.63, 3.8) is 0 Å². The Morgan fingerprint density at radius 2 is 1.26 bits per heavy atom. The van der Waals surface area contributed by atoms with E-state index in [2.05, 4.69) is 46.8 Å². The first-order valence-corrected chi connectivity index (χ1v) is 14.8. The summed E-state index contributed by atoms with van der Waals surface area (Å²) in [4.78, 5) is 38.2. The number of fused-ring (bicyclic) bond motifs is 8. The van der Waals surface area contributed by atoms with E-state index < -0.39 is 11.9 Å². The Hall–Kier alpha value is -3.68. The van der Waals surface area contributed by atoms with Crippen LogP contribution in [0.25, 0.3) is 29.6 Å². The summed E-state index contributed by atoms with van der Waals surface area (Å²) < 4.78 is 0. The second-order valence-electron chi connectivity index (χ2n) is 11.4. The summed E-state index contributed by atoms with van der Waals surface area (Å²) in [6.45, 7) is 12.5. The summed E-state index contributed by atoms with van der Waals surface area (Å²) in [5.74, 6) is -1.84. The second kappa shape index (κ2) is 12.9. The monoisotopic (exact) mass is 622 g/mol. The average molecular weight is 623 g/mol. The molecular formula is C34H38FeN4O4. The van der Waals surface area contributed by atoms with Crippen molar-refractivity contribution in [3.8, 4) is 0 Å². The minimum atomic E-state index is -0.869. The maximum absolute atomic E-state index is 11.6. The van der Waals surface area contributed by atoms with Gasteiger partial charge in [0, 0.05) is 12.8 Å². The molecule has 3 aromatic heterocycles. The minimum absolute atomic E-state index is 0. The van der Waals surface area contributed by atoms with Gasteiger partial charge in [-0.05, 0) is 58.3 Å². The predicted molar refractivity (Wildman–Crippen MR) is 163 cm³/mol. The molecular weight excluding hydrogens is 584 g/mol. The molecule has 8 nitrogen and oxygen atoms in total. The van der Waals surface area contributed by atoms with Crippen molar-refractivity contribution in [3.05, 3.63) is 83.6 Å². The molecule has 9 heteroatoms. The van der Waals surface area contributed by atoms with Gasteiger partial charge in [0.15, 0.2) is 0 Å². The molecule has 2 atom stereocenters. The van der Waals surface area contributed by atoms with Crippen LogP contribution in [0.1, 0.15) is 96.2 Å². The number of aliphatic carboxylic acids is 2. The summed E-state index contributed by atoms with van der Waals surface area (Å²) in [7, 11) is 0. The molecule has 0 aromatic carbocycles. The summed E-state index contributed by atoms with van der Waals surface area (Å²) >= 11 is 0. The van der Waals surface area contributed by atoms with Crippen LogP contribution in [-0.4, -0.2) is 22.2 Å². The van der Waals surface area contributed by atoms with Crippen LogP contribution in [-0.2, 0) is 45.9 Å². The molecule has 0 saturated carbocycles. The number of allylic oxidation sites excluding steroid dienone is 2. The first-order valence-electron chi connectivity index (χ1n) is 14.8. The fraction of sp³-hybridized carbons (Fsp3) is 0.412. The maximum Gasteiger partial charge on any atom is 4.00 e. The van der Waals surface area contributed by atoms with Gasteiger partial charge in [0.05, 0.1) is 0 Å². The van der Waals surface area contributed by atoms with Crippen LogP contribution < -0.4 is 25.7 Å². The van der Waals surface area contributed by atoms with Gasteiger partial charge in [-0.3, -0.25) is 9.59 Å². The number of carboxylic acids is 2. The smallest absolute Gasteiger partial charge is 0.664 e. The number of nitrogens with zero attached hydrogens (tertiary/aromatic N) is 4. The maximum atomic E-state index is 11.6. The largest absolute Gasteiger partial charge is 4.00 e. The van der Waals surface area contributed by atoms with Gasteiger partial charge in [0.2, 0.25) is 0 Å². The van der Waals surface area contributed by atoms with Crippen molar-refractivity contribution in [2.75, 3.05) is 0 Å². The Morgan fingerprint density at radius 1 is 0.698 bits per heavy atom. The van der Waals surface area contributed by atoms with E-state index in [1.54, 1.807) is 0 Å². The summed E-state index contributed by atoms with van der Waals surface area (Å²) in [5, 5.41) is 25.7. The van der Waals surface area contributed by atoms with Crippen molar-refractivity contribution >= 4 is 36.2 Å². The van der Waals surface area contributed by atoms with Crippen LogP contribution in [0, 0.1) is 32.6 Å². The van der Waals surface area contributed by atoms with Crippen LogP contribution in [0.4, 0.5) is 0 Å². The molecule has 43 heavy (non-hydrogen) atoms. The van der Waals surface area contributed by atoms with Crippen LogP contribution >= 0.6 is 0 Å². The molecule has 3 aromatic rings. The van der Waals surface area contributed by atoms with Gasteiger partial charge in [-0.2, -0.15) is 11.4 Å². The van der Waals surface area contributed by atoms with E-state index in [0.29, 0.717) is 18.5 Å². The first kappa shape index (κ1) is 32.2. The third kappa shape index (κ3) is 6.20. The number of aromatic nitrogens is 3. The van der Waals surface area contributed by atoms with E-state index in [1.165, 1.54) is 11.1 Å². The van der Waals surface area contributed by atoms with Gasteiger partial charge in [-0.15, -0.1) is 33.5 Å². The number of hydrogen-bond donors (Lipinski definition) is 2. The van der Waals surface area contributed by atoms with E-state index in [4.69, 9.17) is 20.3 Å². The third-order valence-electron chi connectivity index (χ3n) is 8.95. The number of hydrogen-bond acceptors (Lipinski definition) is 2. The number of carboxylic acid groups (broad SMARTS) is 2. The molecule has 8 bridgehead atoms. The molecule has 2 unspecified atom stereocenters. The zero-order valence-corrected chi connectivity index (χ0v) is 26.7. The van der Waals surface area contributed by atoms with Crippen molar-refractivity contribution in [2.24, 2.45) is 11.8 Å². The Bertz CT molecular complexity index is 1750. The zero-order chi connectivity index (χ0) is 30.3. The molecule has 0 aliphatic carbocycles. The van der Waals surface area contributed by atoms with Gasteiger partial charge in [-0.25, -0.2) is 0 Å². The van der Waals surface area contributed by atoms with Gasteiger partial charge >= 0.3 is 29.0 Å². The van der Waals surface area contributed by atoms with E-state index in [1.807, 2.05) is 19.1 Å². The Labute approximate surface area is 262 Å². The van der Waals surface area contributed by atoms with Crippen LogP contribution in [0.5, 0.6) is 0 Å². The van der Waals surface area contributed by atoms with E-state index in [0.717, 1.165) is 74.3 Å². The molecule has 1 saturated heterocycles. The number of carbonyl (C=O) groups is 2. The van der Waals surface area contributed by atoms with Crippen LogP contribution in [0.3, 0.4) is 0 Å². The molecule has 0 spiro atoms. The Kier molecular flexibility index (Phi) is 9.67. The minimum Gasteiger partial charge on any atom is -0.664 e. The van der Waals surface area contributed by atoms with Crippen molar-refractivity contribution in [1.29, 1.82) is 0 Å². The van der Waals surface area contributed by atoms with Crippen molar-refractivity contribution in [2.45, 2.75) is 80.1 Å². The van der Waals surface area contributed by atoms with Crippen molar-refractivity contribution in [1.82, 2.24) is 15.0 Å². The second-order valence-corrected chi connectivity index (χ2v) is 11.4. The molecule has 2 N–H and O–H groups in total. The third-order valence-corrected chi connectivity index (χ3v) is 8.95. The van der Waals surface area contributed by atoms with E-state index in [9.17, 15) is 19.8 Å². The zero-order valence-electron chi connectivity index (χ0n) is 25.6. The molecule has 2 aliphatic rings. The fourth-order valence-electron chi connectivity index (χ4n) is 6.42. The number of rotatable bonds is 8. The molecule has 1 fully saturated rings. The summed E-state index contributed by atoms with van der Waals surface area (Å²) in [5.41, 5.74) is 11.2. The normalized spacial score (nSPS) is 21.3. The molecule has 0 amide bonds. The van der Waals surface area contributed by atoms with Gasteiger partial charge in [-0.1, -0.05) is 78.5 Å². The van der Waals surface area contributed by atoms with Gasteiger partial charge < -0.3 is 30.5 Å². The SMILES string of the molecule is CCc1c2[n-]c(c1C)/C=c1\[n-]/c(c(C)c1CC)=C\c1[n-]c(c(CCC(=O)O)c1C)/C=C1\[N-]/C(=C\2)C(C)C1CCC(=O)O.[Fe+4]. The fourth-order valence-corrected chi connectivity index (χ4v) is 6.42. The van der Waals surface area contributed by atoms with E-state index >= 15 is 0 Å². The van der Waals surface area contributed by atoms with E-state index in [-0.39, 0.29) is 41.7 Å². The molecule has 226 valence electrons. The standard InChI is InChI=1S/C34H38N4O4.Fe/c1-7-21-17(3)25-13-26-19(5)23(9-11-33(39)40)31(37-26)16-32-24(10-12-34(41)42)20(6)28(38-32)15-30-22(8-2)18(4)27(36-30)14-29(21)35-25;/h13-16,20,24H,7-12H2,1-6H3,(H,39,40)(H,41,42);/q-4;+4/b25-13-,28-15-,29-14-,32-16-;. The summed E-state index contributed by atoms with van der Waals surface area (Å²) in [6.07, 6.45) is 10.5. The molecule has 5 rings (SSSR count). The molecule has 2 aliphatic heterocycles. The quantitative estimate of drug-likeness (QED) is 0.354. The summed E-state index contributed by atoms with van der Waals surface area (Å²) in [6, 6.07) is 0. The predicted octanol–water partition coefficient (Wildman–Crippen LogP) is 4.48. The Morgan fingerprint density at radius 3 is 1.86 bits per heavy atom. The van der Waals surface area contributed by atoms with Gasteiger partial charge in [0.25, 0.3) is 0 Å². The van der Waals surface area contributed by atoms with Gasteiger partial charge in [0.1, 0.15) is 0 Å².